The van der Waals surface area contributed by atoms with Crippen LogP contribution < -0.4 is 4.90 Å². The summed E-state index contributed by atoms with van der Waals surface area (Å²) in [5.41, 5.74) is 2.34. The van der Waals surface area contributed by atoms with Crippen molar-refractivity contribution in [1.29, 1.82) is 0 Å². The summed E-state index contributed by atoms with van der Waals surface area (Å²) in [6, 6.07) is 8.00. The molecule has 3 heterocycles. The smallest absolute Gasteiger partial charge is 0.225 e. The van der Waals surface area contributed by atoms with E-state index in [1.54, 1.807) is 11.3 Å². The normalized spacial score (nSPS) is 20.7. The molecule has 2 aromatic heterocycles. The molecule has 0 N–H and O–H groups in total. The van der Waals surface area contributed by atoms with E-state index in [1.807, 2.05) is 12.1 Å². The zero-order chi connectivity index (χ0) is 18.4. The van der Waals surface area contributed by atoms with Crippen LogP contribution in [-0.2, 0) is 0 Å². The van der Waals surface area contributed by atoms with Gasteiger partial charge in [0.2, 0.25) is 5.28 Å². The first-order chi connectivity index (χ1) is 12.4. The molecule has 1 fully saturated rings. The molecule has 2 atom stereocenters. The minimum Gasteiger partial charge on any atom is -0.355 e. The molecule has 2 unspecified atom stereocenters. The average Bonchev–Trinajstić information content (AvgIpc) is 2.89. The quantitative estimate of drug-likeness (QED) is 0.458. The summed E-state index contributed by atoms with van der Waals surface area (Å²) in [6.07, 6.45) is 1.26. The molecule has 26 heavy (non-hydrogen) atoms. The maximum absolute atomic E-state index is 6.28. The van der Waals surface area contributed by atoms with Gasteiger partial charge in [-0.15, -0.1) is 11.3 Å². The molecule has 6 heteroatoms. The zero-order valence-electron chi connectivity index (χ0n) is 15.1. The van der Waals surface area contributed by atoms with E-state index >= 15 is 0 Å². The number of hydrogen-bond acceptors (Lipinski definition) is 4. The summed E-state index contributed by atoms with van der Waals surface area (Å²) in [5.74, 6) is 2.25. The van der Waals surface area contributed by atoms with Gasteiger partial charge in [-0.1, -0.05) is 37.6 Å². The Bertz CT molecular complexity index is 942. The number of rotatable bonds is 2. The summed E-state index contributed by atoms with van der Waals surface area (Å²) in [7, 11) is 0. The monoisotopic (exact) mass is 405 g/mol. The van der Waals surface area contributed by atoms with Crippen molar-refractivity contribution >= 4 is 50.6 Å². The number of nitrogens with zero attached hydrogens (tertiary/aromatic N) is 3. The first kappa shape index (κ1) is 18.0. The van der Waals surface area contributed by atoms with Gasteiger partial charge in [0.15, 0.2) is 0 Å². The van der Waals surface area contributed by atoms with Crippen molar-refractivity contribution in [3.8, 4) is 11.1 Å². The largest absolute Gasteiger partial charge is 0.355 e. The Balaban J connectivity index is 1.93. The predicted octanol–water partition coefficient (Wildman–Crippen LogP) is 6.46. The van der Waals surface area contributed by atoms with Crippen molar-refractivity contribution in [2.45, 2.75) is 27.2 Å². The van der Waals surface area contributed by atoms with Crippen LogP contribution in [0, 0.1) is 18.8 Å². The summed E-state index contributed by atoms with van der Waals surface area (Å²) in [5, 5.41) is 2.17. The molecule has 0 bridgehead atoms. The highest BCUT2D eigenvalue weighted by Crippen LogP contribution is 2.43. The SMILES string of the molecule is Cc1sc2nc(Cl)nc(N3CC(C)CC(C)C3)c2c1-c1ccc(Cl)cc1. The Morgan fingerprint density at radius 3 is 2.35 bits per heavy atom. The number of aromatic nitrogens is 2. The van der Waals surface area contributed by atoms with Crippen molar-refractivity contribution < 1.29 is 0 Å². The maximum atomic E-state index is 6.28. The Kier molecular flexibility index (Phi) is 4.84. The lowest BCUT2D eigenvalue weighted by Crippen LogP contribution is -2.39. The first-order valence-corrected chi connectivity index (χ1v) is 10.5. The third-order valence-corrected chi connectivity index (χ3v) is 6.40. The molecule has 4 rings (SSSR count). The number of piperidine rings is 1. The van der Waals surface area contributed by atoms with Crippen LogP contribution in [0.15, 0.2) is 24.3 Å². The van der Waals surface area contributed by atoms with Crippen LogP contribution in [0.4, 0.5) is 5.82 Å². The summed E-state index contributed by atoms with van der Waals surface area (Å²) in [6.45, 7) is 8.75. The van der Waals surface area contributed by atoms with Gasteiger partial charge in [-0.05, 0) is 54.5 Å². The van der Waals surface area contributed by atoms with Crippen molar-refractivity contribution in [1.82, 2.24) is 9.97 Å². The molecule has 3 nitrogen and oxygen atoms in total. The van der Waals surface area contributed by atoms with Crippen molar-refractivity contribution in [2.75, 3.05) is 18.0 Å². The second-order valence-electron chi connectivity index (χ2n) is 7.39. The molecular formula is C20H21Cl2N3S. The summed E-state index contributed by atoms with van der Waals surface area (Å²) in [4.78, 5) is 13.7. The molecular weight excluding hydrogens is 385 g/mol. The molecule has 1 aromatic carbocycles. The Labute approximate surface area is 168 Å². The van der Waals surface area contributed by atoms with Gasteiger partial charge in [-0.2, -0.15) is 4.98 Å². The van der Waals surface area contributed by atoms with E-state index in [4.69, 9.17) is 23.2 Å². The second kappa shape index (κ2) is 6.99. The van der Waals surface area contributed by atoms with Crippen LogP contribution in [-0.4, -0.2) is 23.1 Å². The standard InChI is InChI=1S/C20H21Cl2N3S/c1-11-8-12(2)10-25(9-11)18-17-16(14-4-6-15(21)7-5-14)13(3)26-19(17)24-20(22)23-18/h4-7,11-12H,8-10H2,1-3H3. The van der Waals surface area contributed by atoms with E-state index in [1.165, 1.54) is 16.9 Å². The van der Waals surface area contributed by atoms with Crippen molar-refractivity contribution in [2.24, 2.45) is 11.8 Å². The molecule has 1 saturated heterocycles. The fourth-order valence-corrected chi connectivity index (χ4v) is 5.48. The predicted molar refractivity (Wildman–Crippen MR) is 113 cm³/mol. The molecule has 0 spiro atoms. The van der Waals surface area contributed by atoms with E-state index in [-0.39, 0.29) is 0 Å². The van der Waals surface area contributed by atoms with E-state index in [2.05, 4.69) is 47.8 Å². The molecule has 0 aliphatic carbocycles. The molecule has 0 saturated carbocycles. The fraction of sp³-hybridized carbons (Fsp3) is 0.400. The molecule has 136 valence electrons. The molecule has 0 radical (unpaired) electrons. The number of hydrogen-bond donors (Lipinski definition) is 0. The minimum atomic E-state index is 0.322. The maximum Gasteiger partial charge on any atom is 0.225 e. The molecule has 0 amide bonds. The zero-order valence-corrected chi connectivity index (χ0v) is 17.4. The number of thiophene rings is 1. The highest BCUT2D eigenvalue weighted by Gasteiger charge is 2.27. The highest BCUT2D eigenvalue weighted by atomic mass is 35.5. The van der Waals surface area contributed by atoms with Gasteiger partial charge in [0.05, 0.1) is 5.39 Å². The Morgan fingerprint density at radius 2 is 1.69 bits per heavy atom. The third-order valence-electron chi connectivity index (χ3n) is 4.98. The van der Waals surface area contributed by atoms with Gasteiger partial charge >= 0.3 is 0 Å². The lowest BCUT2D eigenvalue weighted by Gasteiger charge is -2.36. The Morgan fingerprint density at radius 1 is 1.04 bits per heavy atom. The van der Waals surface area contributed by atoms with Crippen LogP contribution in [0.3, 0.4) is 0 Å². The number of anilines is 1. The lowest BCUT2D eigenvalue weighted by molar-refractivity contribution is 0.356. The molecule has 1 aliphatic heterocycles. The highest BCUT2D eigenvalue weighted by molar-refractivity contribution is 7.19. The van der Waals surface area contributed by atoms with Crippen molar-refractivity contribution in [3.05, 3.63) is 39.4 Å². The summed E-state index contributed by atoms with van der Waals surface area (Å²) < 4.78 is 0. The van der Waals surface area contributed by atoms with E-state index in [0.717, 1.165) is 39.7 Å². The van der Waals surface area contributed by atoms with Crippen LogP contribution in [0.5, 0.6) is 0 Å². The number of fused-ring (bicyclic) bond motifs is 1. The van der Waals surface area contributed by atoms with E-state index < -0.39 is 0 Å². The fourth-order valence-electron chi connectivity index (χ4n) is 4.10. The second-order valence-corrected chi connectivity index (χ2v) is 9.37. The molecule has 1 aliphatic rings. The third kappa shape index (κ3) is 3.30. The van der Waals surface area contributed by atoms with Crippen LogP contribution in [0.25, 0.3) is 21.3 Å². The van der Waals surface area contributed by atoms with Crippen LogP contribution in [0.2, 0.25) is 10.3 Å². The van der Waals surface area contributed by atoms with Gasteiger partial charge in [0.25, 0.3) is 0 Å². The lowest BCUT2D eigenvalue weighted by atomic mass is 9.91. The minimum absolute atomic E-state index is 0.322. The Hall–Kier alpha value is -1.36. The number of halogens is 2. The van der Waals surface area contributed by atoms with E-state index in [9.17, 15) is 0 Å². The van der Waals surface area contributed by atoms with Crippen LogP contribution >= 0.6 is 34.5 Å². The van der Waals surface area contributed by atoms with Gasteiger partial charge in [-0.25, -0.2) is 4.98 Å². The van der Waals surface area contributed by atoms with Gasteiger partial charge in [0.1, 0.15) is 10.6 Å². The first-order valence-electron chi connectivity index (χ1n) is 8.90. The summed E-state index contributed by atoms with van der Waals surface area (Å²) >= 11 is 14.1. The van der Waals surface area contributed by atoms with E-state index in [0.29, 0.717) is 17.1 Å². The average molecular weight is 406 g/mol. The number of benzene rings is 1. The van der Waals surface area contributed by atoms with Gasteiger partial charge in [0, 0.05) is 28.6 Å². The van der Waals surface area contributed by atoms with Crippen molar-refractivity contribution in [3.63, 3.8) is 0 Å². The van der Waals surface area contributed by atoms with Gasteiger partial charge < -0.3 is 4.90 Å². The van der Waals surface area contributed by atoms with Crippen LogP contribution in [0.1, 0.15) is 25.1 Å². The molecule has 3 aromatic rings. The van der Waals surface area contributed by atoms with Gasteiger partial charge in [-0.3, -0.25) is 0 Å². The topological polar surface area (TPSA) is 29.0 Å². The number of aryl methyl sites for hydroxylation is 1.